The van der Waals surface area contributed by atoms with E-state index in [0.29, 0.717) is 0 Å². The second-order valence-corrected chi connectivity index (χ2v) is 3.54. The summed E-state index contributed by atoms with van der Waals surface area (Å²) in [4.78, 5) is 11.2. The van der Waals surface area contributed by atoms with Gasteiger partial charge in [-0.2, -0.15) is 0 Å². The third kappa shape index (κ3) is 2.10. The third-order valence-electron chi connectivity index (χ3n) is 2.59. The molecule has 0 aromatic heterocycles. The normalized spacial score (nSPS) is 21.5. The van der Waals surface area contributed by atoms with Crippen LogP contribution in [0.4, 0.5) is 0 Å². The maximum atomic E-state index is 11.2. The number of ether oxygens (including phenoxy) is 1. The van der Waals surface area contributed by atoms with Gasteiger partial charge < -0.3 is 10.5 Å². The Hall–Kier alpha value is -0.830. The molecule has 1 aliphatic rings. The topological polar surface area (TPSA) is 52.3 Å². The summed E-state index contributed by atoms with van der Waals surface area (Å²) in [6.07, 6.45) is 7.11. The molecule has 1 aliphatic carbocycles. The number of hydrogen-bond acceptors (Lipinski definition) is 3. The lowest BCUT2D eigenvalue weighted by atomic mass is 9.96. The molecule has 3 nitrogen and oxygen atoms in total. The second kappa shape index (κ2) is 3.92. The molecule has 13 heavy (non-hydrogen) atoms. The summed E-state index contributed by atoms with van der Waals surface area (Å²) in [6.45, 7) is 2.07. The molecule has 0 spiro atoms. The molecule has 2 N–H and O–H groups in total. The fraction of sp³-hybridized carbons (Fsp3) is 0.700. The maximum Gasteiger partial charge on any atom is 0.323 e. The van der Waals surface area contributed by atoms with Crippen LogP contribution < -0.4 is 5.73 Å². The Kier molecular flexibility index (Phi) is 3.09. The van der Waals surface area contributed by atoms with Gasteiger partial charge in [0.2, 0.25) is 0 Å². The lowest BCUT2D eigenvalue weighted by molar-refractivity contribution is -0.143. The number of carbonyl (C=O) groups is 1. The van der Waals surface area contributed by atoms with Gasteiger partial charge in [-0.3, -0.25) is 4.79 Å². The van der Waals surface area contributed by atoms with Crippen molar-refractivity contribution in [3.63, 3.8) is 0 Å². The standard InChI is InChI=1S/C10H17NO2/c1-3-4-5-10(6-7-10)8(11)9(12)13-2/h4-5,8H,3,6-7,11H2,1-2H3/b5-4+. The zero-order valence-corrected chi connectivity index (χ0v) is 8.25. The minimum atomic E-state index is -0.486. The molecule has 0 aliphatic heterocycles. The summed E-state index contributed by atoms with van der Waals surface area (Å²) >= 11 is 0. The lowest BCUT2D eigenvalue weighted by Crippen LogP contribution is -2.39. The summed E-state index contributed by atoms with van der Waals surface area (Å²) in [6, 6.07) is -0.486. The van der Waals surface area contributed by atoms with E-state index in [2.05, 4.69) is 23.8 Å². The molecular weight excluding hydrogens is 166 g/mol. The van der Waals surface area contributed by atoms with Crippen molar-refractivity contribution in [2.24, 2.45) is 11.1 Å². The van der Waals surface area contributed by atoms with Crippen LogP contribution in [0.3, 0.4) is 0 Å². The lowest BCUT2D eigenvalue weighted by Gasteiger charge is -2.16. The first-order valence-corrected chi connectivity index (χ1v) is 4.67. The second-order valence-electron chi connectivity index (χ2n) is 3.54. The van der Waals surface area contributed by atoms with Crippen LogP contribution in [0.25, 0.3) is 0 Å². The van der Waals surface area contributed by atoms with Gasteiger partial charge in [0.1, 0.15) is 6.04 Å². The van der Waals surface area contributed by atoms with Gasteiger partial charge in [-0.05, 0) is 19.3 Å². The van der Waals surface area contributed by atoms with Crippen LogP contribution in [0.15, 0.2) is 12.2 Å². The van der Waals surface area contributed by atoms with E-state index in [9.17, 15) is 4.79 Å². The first-order chi connectivity index (χ1) is 6.16. The highest BCUT2D eigenvalue weighted by molar-refractivity contribution is 5.77. The molecule has 0 amide bonds. The molecule has 0 bridgehead atoms. The minimum Gasteiger partial charge on any atom is -0.468 e. The van der Waals surface area contributed by atoms with Gasteiger partial charge in [0.15, 0.2) is 0 Å². The van der Waals surface area contributed by atoms with E-state index in [4.69, 9.17) is 5.73 Å². The third-order valence-corrected chi connectivity index (χ3v) is 2.59. The Balaban J connectivity index is 2.59. The van der Waals surface area contributed by atoms with E-state index in [1.54, 1.807) is 0 Å². The van der Waals surface area contributed by atoms with Gasteiger partial charge >= 0.3 is 5.97 Å². The largest absolute Gasteiger partial charge is 0.468 e. The van der Waals surface area contributed by atoms with Crippen LogP contribution in [0.5, 0.6) is 0 Å². The Bertz CT molecular complexity index is 219. The van der Waals surface area contributed by atoms with E-state index in [1.807, 2.05) is 0 Å². The molecule has 1 fully saturated rings. The average Bonchev–Trinajstić information content (AvgIpc) is 2.93. The van der Waals surface area contributed by atoms with Crippen molar-refractivity contribution in [3.05, 3.63) is 12.2 Å². The molecule has 3 heteroatoms. The van der Waals surface area contributed by atoms with E-state index in [0.717, 1.165) is 19.3 Å². The number of esters is 1. The number of rotatable bonds is 4. The van der Waals surface area contributed by atoms with E-state index in [1.165, 1.54) is 7.11 Å². The molecule has 1 unspecified atom stereocenters. The molecule has 74 valence electrons. The molecule has 1 atom stereocenters. The SMILES string of the molecule is CC/C=C/C1(C(N)C(=O)OC)CC1. The first-order valence-electron chi connectivity index (χ1n) is 4.67. The van der Waals surface area contributed by atoms with Gasteiger partial charge in [0, 0.05) is 5.41 Å². The quantitative estimate of drug-likeness (QED) is 0.527. The maximum absolute atomic E-state index is 11.2. The highest BCUT2D eigenvalue weighted by atomic mass is 16.5. The van der Waals surface area contributed by atoms with Crippen LogP contribution >= 0.6 is 0 Å². The van der Waals surface area contributed by atoms with Gasteiger partial charge in [-0.1, -0.05) is 19.1 Å². The summed E-state index contributed by atoms with van der Waals surface area (Å²) in [5.74, 6) is -0.307. The molecule has 1 rings (SSSR count). The number of nitrogens with two attached hydrogens (primary N) is 1. The molecule has 0 saturated heterocycles. The van der Waals surface area contributed by atoms with Crippen LogP contribution in [0.1, 0.15) is 26.2 Å². The van der Waals surface area contributed by atoms with Crippen molar-refractivity contribution >= 4 is 5.97 Å². The van der Waals surface area contributed by atoms with Crippen molar-refractivity contribution in [2.45, 2.75) is 32.2 Å². The van der Waals surface area contributed by atoms with Gasteiger partial charge in [-0.15, -0.1) is 0 Å². The molecular formula is C10H17NO2. The number of methoxy groups -OCH3 is 1. The molecule has 0 heterocycles. The van der Waals surface area contributed by atoms with Crippen molar-refractivity contribution in [2.75, 3.05) is 7.11 Å². The molecule has 1 saturated carbocycles. The number of allylic oxidation sites excluding steroid dienone is 1. The van der Waals surface area contributed by atoms with Crippen molar-refractivity contribution < 1.29 is 9.53 Å². The Morgan fingerprint density at radius 2 is 2.31 bits per heavy atom. The minimum absolute atomic E-state index is 0.0941. The smallest absolute Gasteiger partial charge is 0.323 e. The Labute approximate surface area is 78.9 Å². The highest BCUT2D eigenvalue weighted by Crippen LogP contribution is 2.49. The monoisotopic (exact) mass is 183 g/mol. The van der Waals surface area contributed by atoms with E-state index >= 15 is 0 Å². The van der Waals surface area contributed by atoms with E-state index in [-0.39, 0.29) is 11.4 Å². The summed E-state index contributed by atoms with van der Waals surface area (Å²) in [7, 11) is 1.38. The van der Waals surface area contributed by atoms with Crippen molar-refractivity contribution in [3.8, 4) is 0 Å². The summed E-state index contributed by atoms with van der Waals surface area (Å²) in [5, 5.41) is 0. The Morgan fingerprint density at radius 1 is 1.69 bits per heavy atom. The summed E-state index contributed by atoms with van der Waals surface area (Å²) in [5.41, 5.74) is 5.69. The first kappa shape index (κ1) is 10.3. The van der Waals surface area contributed by atoms with E-state index < -0.39 is 6.04 Å². The fourth-order valence-electron chi connectivity index (χ4n) is 1.44. The predicted molar refractivity (Wildman–Crippen MR) is 51.1 cm³/mol. The summed E-state index contributed by atoms with van der Waals surface area (Å²) < 4.78 is 4.62. The van der Waals surface area contributed by atoms with Gasteiger partial charge in [0.25, 0.3) is 0 Å². The predicted octanol–water partition coefficient (Wildman–Crippen LogP) is 1.23. The van der Waals surface area contributed by atoms with Gasteiger partial charge in [0.05, 0.1) is 7.11 Å². The molecule has 0 aromatic rings. The zero-order chi connectivity index (χ0) is 9.90. The molecule has 0 radical (unpaired) electrons. The zero-order valence-electron chi connectivity index (χ0n) is 8.25. The average molecular weight is 183 g/mol. The van der Waals surface area contributed by atoms with Crippen LogP contribution in [-0.4, -0.2) is 19.1 Å². The van der Waals surface area contributed by atoms with Crippen molar-refractivity contribution in [1.82, 2.24) is 0 Å². The highest BCUT2D eigenvalue weighted by Gasteiger charge is 2.49. The number of carbonyl (C=O) groups excluding carboxylic acids is 1. The van der Waals surface area contributed by atoms with Crippen LogP contribution in [0.2, 0.25) is 0 Å². The Morgan fingerprint density at radius 3 is 2.69 bits per heavy atom. The van der Waals surface area contributed by atoms with Crippen LogP contribution in [-0.2, 0) is 9.53 Å². The molecule has 0 aromatic carbocycles. The van der Waals surface area contributed by atoms with Crippen molar-refractivity contribution in [1.29, 1.82) is 0 Å². The fourth-order valence-corrected chi connectivity index (χ4v) is 1.44. The van der Waals surface area contributed by atoms with Crippen LogP contribution in [0, 0.1) is 5.41 Å². The van der Waals surface area contributed by atoms with Gasteiger partial charge in [-0.25, -0.2) is 0 Å². The number of hydrogen-bond donors (Lipinski definition) is 1.